The monoisotopic (exact) mass is 228 g/mol. The maximum Gasteiger partial charge on any atom is 0.147 e. The molecule has 5 heteroatoms. The van der Waals surface area contributed by atoms with E-state index in [1.165, 1.54) is 0 Å². The fourth-order valence-electron chi connectivity index (χ4n) is 1.11. The lowest BCUT2D eigenvalue weighted by Gasteiger charge is -2.20. The Balaban J connectivity index is 2.60. The normalized spacial score (nSPS) is 10.7. The number of anilines is 1. The van der Waals surface area contributed by atoms with Gasteiger partial charge in [-0.15, -0.1) is 11.6 Å². The number of alkyl halides is 1. The number of rotatable bonds is 5. The van der Waals surface area contributed by atoms with Crippen molar-refractivity contribution in [3.05, 3.63) is 18.1 Å². The van der Waals surface area contributed by atoms with Crippen molar-refractivity contribution in [3.63, 3.8) is 0 Å². The Hall–Kier alpha value is -0.870. The zero-order valence-electron chi connectivity index (χ0n) is 9.44. The van der Waals surface area contributed by atoms with Gasteiger partial charge in [-0.3, -0.25) is 4.98 Å². The molecule has 0 aliphatic carbocycles. The number of hydrogen-bond acceptors (Lipinski definition) is 4. The third-order valence-corrected chi connectivity index (χ3v) is 2.36. The first-order chi connectivity index (χ1) is 7.13. The fourth-order valence-corrected chi connectivity index (χ4v) is 1.24. The van der Waals surface area contributed by atoms with E-state index in [0.29, 0.717) is 5.88 Å². The summed E-state index contributed by atoms with van der Waals surface area (Å²) in [6.45, 7) is 1.91. The van der Waals surface area contributed by atoms with Gasteiger partial charge >= 0.3 is 0 Å². The maximum absolute atomic E-state index is 5.70. The summed E-state index contributed by atoms with van der Waals surface area (Å²) >= 11 is 5.70. The molecule has 0 saturated heterocycles. The topological polar surface area (TPSA) is 32.3 Å². The molecule has 1 aromatic heterocycles. The van der Waals surface area contributed by atoms with E-state index < -0.39 is 0 Å². The largest absolute Gasteiger partial charge is 0.357 e. The van der Waals surface area contributed by atoms with Crippen molar-refractivity contribution in [2.45, 2.75) is 5.88 Å². The third kappa shape index (κ3) is 4.01. The van der Waals surface area contributed by atoms with Crippen LogP contribution in [0.5, 0.6) is 0 Å². The summed E-state index contributed by atoms with van der Waals surface area (Å²) in [5, 5.41) is 0. The highest BCUT2D eigenvalue weighted by molar-refractivity contribution is 6.16. The number of hydrogen-bond donors (Lipinski definition) is 0. The van der Waals surface area contributed by atoms with Crippen LogP contribution in [0.15, 0.2) is 12.4 Å². The average Bonchev–Trinajstić information content (AvgIpc) is 2.26. The summed E-state index contributed by atoms with van der Waals surface area (Å²) in [7, 11) is 6.11. The van der Waals surface area contributed by atoms with Gasteiger partial charge in [0.05, 0.1) is 17.8 Å². The fraction of sp³-hybridized carbons (Fsp3) is 0.600. The Bertz CT molecular complexity index is 303. The molecule has 0 atom stereocenters. The van der Waals surface area contributed by atoms with Gasteiger partial charge in [-0.05, 0) is 14.1 Å². The molecule has 84 valence electrons. The molecule has 0 bridgehead atoms. The Kier molecular flexibility index (Phi) is 4.78. The first-order valence-corrected chi connectivity index (χ1v) is 5.39. The molecule has 0 fully saturated rings. The Morgan fingerprint density at radius 3 is 2.53 bits per heavy atom. The van der Waals surface area contributed by atoms with E-state index in [4.69, 9.17) is 11.6 Å². The van der Waals surface area contributed by atoms with Crippen molar-refractivity contribution in [2.75, 3.05) is 39.1 Å². The molecule has 1 rings (SSSR count). The SMILES string of the molecule is CN(C)CCN(C)c1cncc(CCl)n1. The summed E-state index contributed by atoms with van der Waals surface area (Å²) in [5.74, 6) is 1.28. The van der Waals surface area contributed by atoms with Crippen LogP contribution in [0.4, 0.5) is 5.82 Å². The second-order valence-electron chi connectivity index (χ2n) is 3.73. The summed E-state index contributed by atoms with van der Waals surface area (Å²) in [6, 6.07) is 0. The zero-order chi connectivity index (χ0) is 11.3. The minimum absolute atomic E-state index is 0.405. The smallest absolute Gasteiger partial charge is 0.147 e. The van der Waals surface area contributed by atoms with Crippen molar-refractivity contribution in [2.24, 2.45) is 0 Å². The number of nitrogens with zero attached hydrogens (tertiary/aromatic N) is 4. The second kappa shape index (κ2) is 5.88. The summed E-state index contributed by atoms with van der Waals surface area (Å²) in [4.78, 5) is 12.7. The standard InChI is InChI=1S/C10H17ClN4/c1-14(2)4-5-15(3)10-8-12-7-9(6-11)13-10/h7-8H,4-6H2,1-3H3. The highest BCUT2D eigenvalue weighted by Crippen LogP contribution is 2.08. The Morgan fingerprint density at radius 1 is 1.20 bits per heavy atom. The first kappa shape index (κ1) is 12.2. The van der Waals surface area contributed by atoms with Crippen molar-refractivity contribution in [1.82, 2.24) is 14.9 Å². The third-order valence-electron chi connectivity index (χ3n) is 2.08. The van der Waals surface area contributed by atoms with E-state index in [2.05, 4.69) is 33.9 Å². The van der Waals surface area contributed by atoms with E-state index in [1.54, 1.807) is 12.4 Å². The van der Waals surface area contributed by atoms with Gasteiger partial charge in [-0.1, -0.05) is 0 Å². The summed E-state index contributed by atoms with van der Waals surface area (Å²) in [6.07, 6.45) is 3.45. The molecule has 0 saturated carbocycles. The van der Waals surface area contributed by atoms with E-state index in [0.717, 1.165) is 24.6 Å². The van der Waals surface area contributed by atoms with Gasteiger partial charge in [-0.2, -0.15) is 0 Å². The number of aromatic nitrogens is 2. The maximum atomic E-state index is 5.70. The first-order valence-electron chi connectivity index (χ1n) is 4.86. The Labute approximate surface area is 95.9 Å². The predicted molar refractivity (Wildman–Crippen MR) is 63.4 cm³/mol. The van der Waals surface area contributed by atoms with Crippen LogP contribution in [0.3, 0.4) is 0 Å². The Morgan fingerprint density at radius 2 is 1.93 bits per heavy atom. The average molecular weight is 229 g/mol. The predicted octanol–water partition coefficient (Wildman–Crippen LogP) is 1.21. The van der Waals surface area contributed by atoms with Crippen LogP contribution in [0.2, 0.25) is 0 Å². The molecule has 4 nitrogen and oxygen atoms in total. The molecule has 0 spiro atoms. The molecule has 0 aromatic carbocycles. The van der Waals surface area contributed by atoms with Crippen LogP contribution in [0.25, 0.3) is 0 Å². The minimum Gasteiger partial charge on any atom is -0.357 e. The molecule has 1 aromatic rings. The van der Waals surface area contributed by atoms with E-state index in [9.17, 15) is 0 Å². The van der Waals surface area contributed by atoms with Crippen molar-refractivity contribution < 1.29 is 0 Å². The number of likely N-dealkylation sites (N-methyl/N-ethyl adjacent to an activating group) is 2. The molecule has 0 unspecified atom stereocenters. The van der Waals surface area contributed by atoms with Gasteiger partial charge in [0.2, 0.25) is 0 Å². The highest BCUT2D eigenvalue weighted by atomic mass is 35.5. The van der Waals surface area contributed by atoms with E-state index in [1.807, 2.05) is 7.05 Å². The molecule has 15 heavy (non-hydrogen) atoms. The molecular weight excluding hydrogens is 212 g/mol. The van der Waals surface area contributed by atoms with Crippen LogP contribution < -0.4 is 4.90 Å². The molecule has 0 N–H and O–H groups in total. The van der Waals surface area contributed by atoms with Gasteiger partial charge in [0.1, 0.15) is 5.82 Å². The van der Waals surface area contributed by atoms with E-state index >= 15 is 0 Å². The lowest BCUT2D eigenvalue weighted by molar-refractivity contribution is 0.416. The molecular formula is C10H17ClN4. The van der Waals surface area contributed by atoms with Crippen LogP contribution >= 0.6 is 11.6 Å². The lowest BCUT2D eigenvalue weighted by atomic mass is 10.4. The van der Waals surface area contributed by atoms with Crippen LogP contribution in [0.1, 0.15) is 5.69 Å². The van der Waals surface area contributed by atoms with Crippen LogP contribution in [0, 0.1) is 0 Å². The van der Waals surface area contributed by atoms with Crippen LogP contribution in [-0.2, 0) is 5.88 Å². The molecule has 0 aliphatic rings. The molecule has 0 radical (unpaired) electrons. The van der Waals surface area contributed by atoms with Gasteiger partial charge in [-0.25, -0.2) is 4.98 Å². The molecule has 0 aliphatic heterocycles. The highest BCUT2D eigenvalue weighted by Gasteiger charge is 2.04. The summed E-state index contributed by atoms with van der Waals surface area (Å²) in [5.41, 5.74) is 0.811. The van der Waals surface area contributed by atoms with Crippen molar-refractivity contribution in [1.29, 1.82) is 0 Å². The van der Waals surface area contributed by atoms with Crippen molar-refractivity contribution in [3.8, 4) is 0 Å². The van der Waals surface area contributed by atoms with Gasteiger partial charge < -0.3 is 9.80 Å². The van der Waals surface area contributed by atoms with Crippen LogP contribution in [-0.4, -0.2) is 49.1 Å². The minimum atomic E-state index is 0.405. The van der Waals surface area contributed by atoms with Crippen molar-refractivity contribution >= 4 is 17.4 Å². The molecule has 0 amide bonds. The van der Waals surface area contributed by atoms with Gasteiger partial charge in [0, 0.05) is 26.3 Å². The summed E-state index contributed by atoms with van der Waals surface area (Å²) < 4.78 is 0. The van der Waals surface area contributed by atoms with E-state index in [-0.39, 0.29) is 0 Å². The number of halogens is 1. The van der Waals surface area contributed by atoms with Gasteiger partial charge in [0.25, 0.3) is 0 Å². The van der Waals surface area contributed by atoms with Gasteiger partial charge in [0.15, 0.2) is 0 Å². The lowest BCUT2D eigenvalue weighted by Crippen LogP contribution is -2.29. The second-order valence-corrected chi connectivity index (χ2v) is 3.99. The molecule has 1 heterocycles. The quantitative estimate of drug-likeness (QED) is 0.710. The zero-order valence-corrected chi connectivity index (χ0v) is 10.2.